The van der Waals surface area contributed by atoms with Crippen molar-refractivity contribution in [2.45, 2.75) is 12.6 Å². The second-order valence-corrected chi connectivity index (χ2v) is 6.86. The summed E-state index contributed by atoms with van der Waals surface area (Å²) >= 11 is 5.82. The van der Waals surface area contributed by atoms with Gasteiger partial charge in [-0.25, -0.2) is 0 Å². The highest BCUT2D eigenvalue weighted by molar-refractivity contribution is 6.30. The van der Waals surface area contributed by atoms with Gasteiger partial charge in [-0.1, -0.05) is 48.0 Å². The Bertz CT molecular complexity index is 916. The Labute approximate surface area is 174 Å². The second-order valence-electron chi connectivity index (χ2n) is 6.43. The van der Waals surface area contributed by atoms with Crippen LogP contribution in [0.1, 0.15) is 15.9 Å². The maximum atomic E-state index is 12.3. The molecule has 6 heteroatoms. The van der Waals surface area contributed by atoms with Crippen LogP contribution in [0.3, 0.4) is 0 Å². The van der Waals surface area contributed by atoms with E-state index in [0.29, 0.717) is 28.6 Å². The number of carbonyl (C=O) groups is 1. The van der Waals surface area contributed by atoms with Crippen molar-refractivity contribution in [1.29, 1.82) is 0 Å². The summed E-state index contributed by atoms with van der Waals surface area (Å²) in [5.41, 5.74) is 1.52. The molecular formula is C23H22ClNO4. The van der Waals surface area contributed by atoms with Gasteiger partial charge in [0, 0.05) is 17.1 Å². The Balaban J connectivity index is 1.46. The molecule has 0 saturated carbocycles. The molecule has 0 spiro atoms. The molecule has 5 nitrogen and oxygen atoms in total. The second kappa shape index (κ2) is 10.5. The molecule has 1 atom stereocenters. The van der Waals surface area contributed by atoms with Gasteiger partial charge in [0.25, 0.3) is 5.91 Å². The number of halogens is 1. The van der Waals surface area contributed by atoms with E-state index in [2.05, 4.69) is 5.32 Å². The first-order chi connectivity index (χ1) is 14.1. The van der Waals surface area contributed by atoms with Crippen LogP contribution in [0.2, 0.25) is 5.02 Å². The highest BCUT2D eigenvalue weighted by Gasteiger charge is 2.10. The number of carbonyl (C=O) groups excluding carboxylic acids is 1. The molecular weight excluding hydrogens is 390 g/mol. The van der Waals surface area contributed by atoms with Crippen molar-refractivity contribution in [3.05, 3.63) is 95.0 Å². The minimum atomic E-state index is -0.818. The normalized spacial score (nSPS) is 11.5. The average Bonchev–Trinajstić information content (AvgIpc) is 2.76. The van der Waals surface area contributed by atoms with Gasteiger partial charge in [0.15, 0.2) is 0 Å². The summed E-state index contributed by atoms with van der Waals surface area (Å²) in [5, 5.41) is 13.6. The van der Waals surface area contributed by atoms with Gasteiger partial charge in [-0.2, -0.15) is 0 Å². The molecule has 0 aliphatic rings. The van der Waals surface area contributed by atoms with Crippen LogP contribution in [-0.2, 0) is 6.54 Å². The minimum absolute atomic E-state index is 0.0443. The number of nitrogens with one attached hydrogen (secondary N) is 1. The standard InChI is InChI=1S/C23H22ClNO4/c24-19-9-11-21(12-10-19)28-15-20(26)16-29-22-8-4-7-18(13-22)23(27)25-14-17-5-2-1-3-6-17/h1-13,20,26H,14-16H2,(H,25,27). The van der Waals surface area contributed by atoms with Crippen LogP contribution >= 0.6 is 11.6 Å². The molecule has 1 unspecified atom stereocenters. The summed E-state index contributed by atoms with van der Waals surface area (Å²) in [6.45, 7) is 0.576. The van der Waals surface area contributed by atoms with Gasteiger partial charge in [0.05, 0.1) is 0 Å². The monoisotopic (exact) mass is 411 g/mol. The zero-order chi connectivity index (χ0) is 20.5. The molecule has 0 aliphatic carbocycles. The maximum absolute atomic E-state index is 12.3. The number of hydrogen-bond acceptors (Lipinski definition) is 4. The lowest BCUT2D eigenvalue weighted by Gasteiger charge is -2.14. The molecule has 29 heavy (non-hydrogen) atoms. The molecule has 3 aromatic carbocycles. The average molecular weight is 412 g/mol. The fourth-order valence-electron chi connectivity index (χ4n) is 2.57. The van der Waals surface area contributed by atoms with E-state index in [-0.39, 0.29) is 19.1 Å². The van der Waals surface area contributed by atoms with E-state index in [1.54, 1.807) is 48.5 Å². The van der Waals surface area contributed by atoms with Gasteiger partial charge in [0.1, 0.15) is 30.8 Å². The lowest BCUT2D eigenvalue weighted by molar-refractivity contribution is 0.0626. The van der Waals surface area contributed by atoms with Crippen molar-refractivity contribution in [2.75, 3.05) is 13.2 Å². The number of aliphatic hydroxyl groups is 1. The van der Waals surface area contributed by atoms with Crippen LogP contribution in [0.4, 0.5) is 0 Å². The lowest BCUT2D eigenvalue weighted by atomic mass is 10.2. The van der Waals surface area contributed by atoms with Crippen LogP contribution in [0.5, 0.6) is 11.5 Å². The summed E-state index contributed by atoms with van der Waals surface area (Å²) in [6.07, 6.45) is -0.818. The van der Waals surface area contributed by atoms with Gasteiger partial charge in [-0.3, -0.25) is 4.79 Å². The Morgan fingerprint density at radius 3 is 2.31 bits per heavy atom. The van der Waals surface area contributed by atoms with Crippen LogP contribution in [-0.4, -0.2) is 30.3 Å². The molecule has 3 rings (SSSR count). The quantitative estimate of drug-likeness (QED) is 0.556. The molecule has 0 heterocycles. The van der Waals surface area contributed by atoms with E-state index in [0.717, 1.165) is 5.56 Å². The van der Waals surface area contributed by atoms with Crippen LogP contribution in [0.15, 0.2) is 78.9 Å². The van der Waals surface area contributed by atoms with Crippen LogP contribution in [0, 0.1) is 0 Å². The fourth-order valence-corrected chi connectivity index (χ4v) is 2.70. The lowest BCUT2D eigenvalue weighted by Crippen LogP contribution is -2.25. The van der Waals surface area contributed by atoms with Gasteiger partial charge in [0.2, 0.25) is 0 Å². The summed E-state index contributed by atoms with van der Waals surface area (Å²) in [7, 11) is 0. The van der Waals surface area contributed by atoms with Gasteiger partial charge in [-0.15, -0.1) is 0 Å². The first kappa shape index (κ1) is 20.7. The molecule has 0 bridgehead atoms. The van der Waals surface area contributed by atoms with E-state index >= 15 is 0 Å². The third-order valence-corrected chi connectivity index (χ3v) is 4.34. The summed E-state index contributed by atoms with van der Waals surface area (Å²) in [4.78, 5) is 12.3. The zero-order valence-electron chi connectivity index (χ0n) is 15.8. The van der Waals surface area contributed by atoms with Crippen LogP contribution < -0.4 is 14.8 Å². The van der Waals surface area contributed by atoms with Crippen molar-refractivity contribution < 1.29 is 19.4 Å². The van der Waals surface area contributed by atoms with Crippen molar-refractivity contribution in [1.82, 2.24) is 5.32 Å². The summed E-state index contributed by atoms with van der Waals surface area (Å²) in [6, 6.07) is 23.4. The number of aliphatic hydroxyl groups excluding tert-OH is 1. The number of benzene rings is 3. The number of ether oxygens (including phenoxy) is 2. The SMILES string of the molecule is O=C(NCc1ccccc1)c1cccc(OCC(O)COc2ccc(Cl)cc2)c1. The fraction of sp³-hybridized carbons (Fsp3) is 0.174. The van der Waals surface area contributed by atoms with E-state index < -0.39 is 6.10 Å². The molecule has 3 aromatic rings. The third kappa shape index (κ3) is 6.82. The summed E-state index contributed by atoms with van der Waals surface area (Å²) < 4.78 is 11.1. The Morgan fingerprint density at radius 1 is 0.897 bits per heavy atom. The van der Waals surface area contributed by atoms with Gasteiger partial charge >= 0.3 is 0 Å². The molecule has 0 aromatic heterocycles. The van der Waals surface area contributed by atoms with E-state index in [9.17, 15) is 9.90 Å². The van der Waals surface area contributed by atoms with Crippen LogP contribution in [0.25, 0.3) is 0 Å². The highest BCUT2D eigenvalue weighted by atomic mass is 35.5. The molecule has 0 radical (unpaired) electrons. The summed E-state index contributed by atoms with van der Waals surface area (Å²) in [5.74, 6) is 0.930. The van der Waals surface area contributed by atoms with E-state index in [4.69, 9.17) is 21.1 Å². The third-order valence-electron chi connectivity index (χ3n) is 4.09. The Hall–Kier alpha value is -3.02. The van der Waals surface area contributed by atoms with Crippen molar-refractivity contribution in [2.24, 2.45) is 0 Å². The maximum Gasteiger partial charge on any atom is 0.251 e. The van der Waals surface area contributed by atoms with Crippen molar-refractivity contribution in [3.63, 3.8) is 0 Å². The highest BCUT2D eigenvalue weighted by Crippen LogP contribution is 2.16. The first-order valence-electron chi connectivity index (χ1n) is 9.21. The minimum Gasteiger partial charge on any atom is -0.491 e. The van der Waals surface area contributed by atoms with Gasteiger partial charge in [-0.05, 0) is 48.0 Å². The molecule has 0 saturated heterocycles. The van der Waals surface area contributed by atoms with Crippen molar-refractivity contribution in [3.8, 4) is 11.5 Å². The molecule has 1 amide bonds. The van der Waals surface area contributed by atoms with Crippen molar-refractivity contribution >= 4 is 17.5 Å². The smallest absolute Gasteiger partial charge is 0.251 e. The molecule has 0 aliphatic heterocycles. The Morgan fingerprint density at radius 2 is 1.59 bits per heavy atom. The number of amides is 1. The molecule has 0 fully saturated rings. The predicted octanol–water partition coefficient (Wildman–Crippen LogP) is 4.09. The largest absolute Gasteiger partial charge is 0.491 e. The van der Waals surface area contributed by atoms with E-state index in [1.165, 1.54) is 0 Å². The molecule has 2 N–H and O–H groups in total. The zero-order valence-corrected chi connectivity index (χ0v) is 16.5. The van der Waals surface area contributed by atoms with Gasteiger partial charge < -0.3 is 19.9 Å². The Kier molecular flexibility index (Phi) is 7.50. The molecule has 150 valence electrons. The number of hydrogen-bond donors (Lipinski definition) is 2. The van der Waals surface area contributed by atoms with E-state index in [1.807, 2.05) is 30.3 Å². The first-order valence-corrected chi connectivity index (χ1v) is 9.59. The predicted molar refractivity (Wildman–Crippen MR) is 113 cm³/mol. The topological polar surface area (TPSA) is 67.8 Å². The number of rotatable bonds is 9.